The maximum atomic E-state index is 12.4. The number of nitrogens with one attached hydrogen (secondary N) is 2. The monoisotopic (exact) mass is 414 g/mol. The van der Waals surface area contributed by atoms with Gasteiger partial charge in [0.15, 0.2) is 23.1 Å². The lowest BCUT2D eigenvalue weighted by molar-refractivity contribution is -0.902. The Balaban J connectivity index is 1.49. The summed E-state index contributed by atoms with van der Waals surface area (Å²) in [5.41, 5.74) is 2.11. The van der Waals surface area contributed by atoms with E-state index >= 15 is 0 Å². The van der Waals surface area contributed by atoms with Gasteiger partial charge in [-0.2, -0.15) is 0 Å². The van der Waals surface area contributed by atoms with Crippen LogP contribution < -0.4 is 19.7 Å². The number of amides is 1. The highest BCUT2D eigenvalue weighted by atomic mass is 32.1. The first-order chi connectivity index (χ1) is 14.0. The van der Waals surface area contributed by atoms with Crippen LogP contribution in [0.3, 0.4) is 0 Å². The quantitative estimate of drug-likeness (QED) is 0.564. The molecule has 1 heterocycles. The molecule has 2 N–H and O–H groups in total. The Bertz CT molecular complexity index is 940. The highest BCUT2D eigenvalue weighted by Crippen LogP contribution is 2.27. The summed E-state index contributed by atoms with van der Waals surface area (Å²) in [6.45, 7) is 3.10. The number of hydrogen-bond donors (Lipinski definition) is 2. The van der Waals surface area contributed by atoms with Gasteiger partial charge in [-0.1, -0.05) is 18.2 Å². The maximum absolute atomic E-state index is 12.4. The zero-order valence-corrected chi connectivity index (χ0v) is 18.1. The highest BCUT2D eigenvalue weighted by Gasteiger charge is 2.21. The minimum Gasteiger partial charge on any atom is -0.493 e. The summed E-state index contributed by atoms with van der Waals surface area (Å²) in [5, 5.41) is 4.07. The van der Waals surface area contributed by atoms with Gasteiger partial charge in [0, 0.05) is 6.54 Å². The van der Waals surface area contributed by atoms with Crippen molar-refractivity contribution in [2.45, 2.75) is 19.4 Å². The standard InChI is InChI=1S/C22H27N3O3S/c1-15(22-24-17-7-5-6-8-20(17)29-22)25(2)14-21(26)23-12-11-16-9-10-18(27-3)19(13-16)28-4/h5-10,13,15H,11-12,14H2,1-4H3,(H,23,26)/p+1/t15-/m1/s1. The number of rotatable bonds is 9. The molecule has 0 bridgehead atoms. The Morgan fingerprint density at radius 2 is 1.93 bits per heavy atom. The second-order valence-electron chi connectivity index (χ2n) is 7.05. The number of carbonyl (C=O) groups is 1. The molecule has 3 aromatic rings. The first kappa shape index (κ1) is 21.1. The van der Waals surface area contributed by atoms with Gasteiger partial charge in [0.2, 0.25) is 0 Å². The first-order valence-electron chi connectivity index (χ1n) is 9.67. The van der Waals surface area contributed by atoms with Gasteiger partial charge in [0.25, 0.3) is 5.91 Å². The number of hydrogen-bond acceptors (Lipinski definition) is 5. The molecule has 29 heavy (non-hydrogen) atoms. The molecule has 6 nitrogen and oxygen atoms in total. The molecule has 0 radical (unpaired) electrons. The lowest BCUT2D eigenvalue weighted by Crippen LogP contribution is -3.10. The minimum absolute atomic E-state index is 0.0379. The molecular formula is C22H28N3O3S+. The summed E-state index contributed by atoms with van der Waals surface area (Å²) in [6, 6.07) is 14.1. The van der Waals surface area contributed by atoms with Crippen molar-refractivity contribution in [1.29, 1.82) is 0 Å². The third kappa shape index (κ3) is 5.25. The lowest BCUT2D eigenvalue weighted by Gasteiger charge is -2.19. The van der Waals surface area contributed by atoms with E-state index in [0.29, 0.717) is 24.6 Å². The topological polar surface area (TPSA) is 64.9 Å². The molecule has 0 saturated carbocycles. The van der Waals surface area contributed by atoms with E-state index in [4.69, 9.17) is 14.5 Å². The van der Waals surface area contributed by atoms with E-state index in [9.17, 15) is 4.79 Å². The van der Waals surface area contributed by atoms with Gasteiger partial charge in [0.05, 0.1) is 31.5 Å². The molecular weight excluding hydrogens is 386 g/mol. The van der Waals surface area contributed by atoms with Crippen LogP contribution in [0.2, 0.25) is 0 Å². The molecule has 0 spiro atoms. The van der Waals surface area contributed by atoms with Crippen LogP contribution in [-0.4, -0.2) is 45.2 Å². The Labute approximate surface area is 175 Å². The number of para-hydroxylation sites is 1. The fourth-order valence-electron chi connectivity index (χ4n) is 3.14. The van der Waals surface area contributed by atoms with Crippen molar-refractivity contribution in [3.63, 3.8) is 0 Å². The maximum Gasteiger partial charge on any atom is 0.275 e. The van der Waals surface area contributed by atoms with Crippen molar-refractivity contribution < 1.29 is 19.2 Å². The normalized spacial score (nSPS) is 13.1. The SMILES string of the molecule is COc1ccc(CCNC(=O)C[NH+](C)[C@H](C)c2nc3ccccc3s2)cc1OC. The summed E-state index contributed by atoms with van der Waals surface area (Å²) >= 11 is 1.70. The number of carbonyl (C=O) groups excluding carboxylic acids is 1. The molecule has 7 heteroatoms. The number of benzene rings is 2. The fraction of sp³-hybridized carbons (Fsp3) is 0.364. The number of methoxy groups -OCH3 is 2. The van der Waals surface area contributed by atoms with Gasteiger partial charge >= 0.3 is 0 Å². The first-order valence-corrected chi connectivity index (χ1v) is 10.5. The summed E-state index contributed by atoms with van der Waals surface area (Å²) in [7, 11) is 5.27. The van der Waals surface area contributed by atoms with Gasteiger partial charge in [0.1, 0.15) is 6.04 Å². The Hall–Kier alpha value is -2.64. The molecule has 1 unspecified atom stereocenters. The molecule has 0 aliphatic heterocycles. The van der Waals surface area contributed by atoms with Crippen LogP contribution in [0.5, 0.6) is 11.5 Å². The van der Waals surface area contributed by atoms with E-state index in [2.05, 4.69) is 18.3 Å². The zero-order chi connectivity index (χ0) is 20.8. The minimum atomic E-state index is 0.0379. The number of fused-ring (bicyclic) bond motifs is 1. The van der Waals surface area contributed by atoms with Gasteiger partial charge in [-0.05, 0) is 43.2 Å². The summed E-state index contributed by atoms with van der Waals surface area (Å²) < 4.78 is 11.8. The van der Waals surface area contributed by atoms with E-state index in [1.807, 2.05) is 43.4 Å². The molecule has 0 saturated heterocycles. The van der Waals surface area contributed by atoms with Crippen molar-refractivity contribution in [3.05, 3.63) is 53.0 Å². The number of likely N-dealkylation sites (N-methyl/N-ethyl adjacent to an activating group) is 1. The van der Waals surface area contributed by atoms with Gasteiger partial charge in [-0.25, -0.2) is 4.98 Å². The van der Waals surface area contributed by atoms with Crippen molar-refractivity contribution in [1.82, 2.24) is 10.3 Å². The number of thiazole rings is 1. The third-order valence-corrected chi connectivity index (χ3v) is 6.26. The molecule has 1 amide bonds. The molecule has 0 fully saturated rings. The largest absolute Gasteiger partial charge is 0.493 e. The number of aromatic nitrogens is 1. The third-order valence-electron chi connectivity index (χ3n) is 5.04. The van der Waals surface area contributed by atoms with Crippen LogP contribution in [0.25, 0.3) is 10.2 Å². The predicted octanol–water partition coefficient (Wildman–Crippen LogP) is 2.25. The van der Waals surface area contributed by atoms with E-state index in [-0.39, 0.29) is 11.9 Å². The van der Waals surface area contributed by atoms with Crippen molar-refractivity contribution >= 4 is 27.5 Å². The van der Waals surface area contributed by atoms with Crippen LogP contribution in [-0.2, 0) is 11.2 Å². The fourth-order valence-corrected chi connectivity index (χ4v) is 4.25. The lowest BCUT2D eigenvalue weighted by atomic mass is 10.1. The Morgan fingerprint density at radius 1 is 1.17 bits per heavy atom. The van der Waals surface area contributed by atoms with Crippen LogP contribution in [0.4, 0.5) is 0 Å². The van der Waals surface area contributed by atoms with Crippen molar-refractivity contribution in [3.8, 4) is 11.5 Å². The molecule has 3 rings (SSSR count). The van der Waals surface area contributed by atoms with Gasteiger partial charge in [-0.15, -0.1) is 11.3 Å². The number of ether oxygens (including phenoxy) is 2. The predicted molar refractivity (Wildman–Crippen MR) is 116 cm³/mol. The molecule has 2 aromatic carbocycles. The van der Waals surface area contributed by atoms with E-state index in [0.717, 1.165) is 27.4 Å². The highest BCUT2D eigenvalue weighted by molar-refractivity contribution is 7.18. The molecule has 0 aliphatic carbocycles. The van der Waals surface area contributed by atoms with Crippen molar-refractivity contribution in [2.75, 3.05) is 34.4 Å². The van der Waals surface area contributed by atoms with Crippen molar-refractivity contribution in [2.24, 2.45) is 0 Å². The van der Waals surface area contributed by atoms with Crippen LogP contribution in [0.1, 0.15) is 23.5 Å². The summed E-state index contributed by atoms with van der Waals surface area (Å²) in [5.74, 6) is 1.44. The summed E-state index contributed by atoms with van der Waals surface area (Å²) in [6.07, 6.45) is 0.735. The number of quaternary nitrogens is 1. The Kier molecular flexibility index (Phi) is 7.06. The van der Waals surface area contributed by atoms with E-state index in [1.54, 1.807) is 25.6 Å². The zero-order valence-electron chi connectivity index (χ0n) is 17.3. The summed E-state index contributed by atoms with van der Waals surface area (Å²) in [4.78, 5) is 18.2. The van der Waals surface area contributed by atoms with E-state index in [1.165, 1.54) is 4.70 Å². The molecule has 2 atom stereocenters. The molecule has 154 valence electrons. The molecule has 0 aliphatic rings. The van der Waals surface area contributed by atoms with Crippen LogP contribution >= 0.6 is 11.3 Å². The smallest absolute Gasteiger partial charge is 0.275 e. The van der Waals surface area contributed by atoms with Crippen LogP contribution in [0, 0.1) is 0 Å². The average molecular weight is 415 g/mol. The van der Waals surface area contributed by atoms with Crippen LogP contribution in [0.15, 0.2) is 42.5 Å². The van der Waals surface area contributed by atoms with E-state index < -0.39 is 0 Å². The average Bonchev–Trinajstić information content (AvgIpc) is 3.17. The van der Waals surface area contributed by atoms with Gasteiger partial charge in [-0.3, -0.25) is 4.79 Å². The van der Waals surface area contributed by atoms with Gasteiger partial charge < -0.3 is 19.7 Å². The second kappa shape index (κ2) is 9.71. The second-order valence-corrected chi connectivity index (χ2v) is 8.12. The Morgan fingerprint density at radius 3 is 2.66 bits per heavy atom. The molecule has 1 aromatic heterocycles. The number of nitrogens with zero attached hydrogens (tertiary/aromatic N) is 1.